The van der Waals surface area contributed by atoms with Crippen molar-refractivity contribution in [2.75, 3.05) is 0 Å². The number of benzene rings is 1. The molecule has 0 saturated carbocycles. The van der Waals surface area contributed by atoms with Crippen LogP contribution in [0.25, 0.3) is 0 Å². The first kappa shape index (κ1) is 14.8. The molecule has 1 aromatic carbocycles. The highest BCUT2D eigenvalue weighted by Crippen LogP contribution is 2.35. The van der Waals surface area contributed by atoms with Crippen LogP contribution < -0.4 is 4.74 Å². The molecule has 2 rings (SSSR count). The van der Waals surface area contributed by atoms with Crippen molar-refractivity contribution < 1.29 is 22.8 Å². The Labute approximate surface area is 116 Å². The van der Waals surface area contributed by atoms with E-state index in [1.54, 1.807) is 0 Å². The maximum absolute atomic E-state index is 12.8. The lowest BCUT2D eigenvalue weighted by atomic mass is 10.2. The van der Waals surface area contributed by atoms with Crippen LogP contribution in [0.1, 0.15) is 11.3 Å². The summed E-state index contributed by atoms with van der Waals surface area (Å²) in [5.41, 5.74) is -0.571. The van der Waals surface area contributed by atoms with Crippen LogP contribution in [0, 0.1) is 10.1 Å². The molecule has 9 heteroatoms. The second kappa shape index (κ2) is 5.43. The summed E-state index contributed by atoms with van der Waals surface area (Å²) < 4.78 is 44.2. The van der Waals surface area contributed by atoms with Gasteiger partial charge in [0.2, 0.25) is 0 Å². The molecule has 0 atom stereocenters. The Kier molecular flexibility index (Phi) is 3.83. The van der Waals surface area contributed by atoms with Gasteiger partial charge in [-0.05, 0) is 17.7 Å². The van der Waals surface area contributed by atoms with Crippen molar-refractivity contribution in [3.63, 3.8) is 0 Å². The highest BCUT2D eigenvalue weighted by atomic mass is 19.4. The average Bonchev–Trinajstić information content (AvgIpc) is 2.78. The largest absolute Gasteiger partial charge is 0.485 e. The van der Waals surface area contributed by atoms with Crippen molar-refractivity contribution in [2.24, 2.45) is 7.05 Å². The van der Waals surface area contributed by atoms with E-state index in [0.717, 1.165) is 6.20 Å². The van der Waals surface area contributed by atoms with E-state index in [2.05, 4.69) is 5.10 Å². The molecule has 21 heavy (non-hydrogen) atoms. The van der Waals surface area contributed by atoms with Crippen LogP contribution in [0.5, 0.6) is 5.75 Å². The van der Waals surface area contributed by atoms with E-state index in [0.29, 0.717) is 10.2 Å². The van der Waals surface area contributed by atoms with Crippen molar-refractivity contribution in [3.05, 3.63) is 51.8 Å². The van der Waals surface area contributed by atoms with Gasteiger partial charge in [0.1, 0.15) is 6.61 Å². The lowest BCUT2D eigenvalue weighted by molar-refractivity contribution is -0.384. The smallest absolute Gasteiger partial charge is 0.436 e. The Morgan fingerprint density at radius 2 is 1.95 bits per heavy atom. The van der Waals surface area contributed by atoms with Crippen LogP contribution in [0.4, 0.5) is 18.9 Å². The number of alkyl halides is 3. The first-order valence-electron chi connectivity index (χ1n) is 5.74. The first-order chi connectivity index (χ1) is 9.79. The number of nitro benzene ring substituents is 1. The van der Waals surface area contributed by atoms with E-state index in [9.17, 15) is 23.3 Å². The molecule has 1 heterocycles. The number of rotatable bonds is 4. The van der Waals surface area contributed by atoms with Gasteiger partial charge in [0.05, 0.1) is 11.1 Å². The second-order valence-electron chi connectivity index (χ2n) is 4.19. The summed E-state index contributed by atoms with van der Waals surface area (Å²) in [6.45, 7) is -0.146. The average molecular weight is 301 g/mol. The van der Waals surface area contributed by atoms with Crippen molar-refractivity contribution in [1.82, 2.24) is 9.78 Å². The quantitative estimate of drug-likeness (QED) is 0.643. The Morgan fingerprint density at radius 3 is 2.48 bits per heavy atom. The van der Waals surface area contributed by atoms with Crippen LogP contribution in [0.2, 0.25) is 0 Å². The third-order valence-corrected chi connectivity index (χ3v) is 2.72. The van der Waals surface area contributed by atoms with Gasteiger partial charge in [-0.15, -0.1) is 0 Å². The second-order valence-corrected chi connectivity index (χ2v) is 4.19. The third-order valence-electron chi connectivity index (χ3n) is 2.72. The maximum atomic E-state index is 12.8. The molecule has 0 saturated heterocycles. The SMILES string of the molecule is Cn1ncc(OCc2ccc([N+](=O)[O-])cc2)c1C(F)(F)F. The number of hydrogen-bond acceptors (Lipinski definition) is 4. The summed E-state index contributed by atoms with van der Waals surface area (Å²) in [6.07, 6.45) is -3.59. The zero-order valence-electron chi connectivity index (χ0n) is 10.8. The molecule has 112 valence electrons. The monoisotopic (exact) mass is 301 g/mol. The van der Waals surface area contributed by atoms with Gasteiger partial charge in [-0.3, -0.25) is 14.8 Å². The predicted molar refractivity (Wildman–Crippen MR) is 65.6 cm³/mol. The highest BCUT2D eigenvalue weighted by Gasteiger charge is 2.38. The Hall–Kier alpha value is -2.58. The molecule has 0 bridgehead atoms. The van der Waals surface area contributed by atoms with E-state index >= 15 is 0 Å². The van der Waals surface area contributed by atoms with Crippen LogP contribution in [0.3, 0.4) is 0 Å². The lowest BCUT2D eigenvalue weighted by Gasteiger charge is -2.10. The van der Waals surface area contributed by atoms with E-state index in [-0.39, 0.29) is 18.0 Å². The van der Waals surface area contributed by atoms with Crippen LogP contribution in [0.15, 0.2) is 30.5 Å². The van der Waals surface area contributed by atoms with Gasteiger partial charge in [-0.2, -0.15) is 18.3 Å². The van der Waals surface area contributed by atoms with Gasteiger partial charge in [0.15, 0.2) is 11.4 Å². The predicted octanol–water partition coefficient (Wildman–Crippen LogP) is 2.93. The number of non-ortho nitro benzene ring substituents is 1. The third kappa shape index (κ3) is 3.30. The van der Waals surface area contributed by atoms with Crippen LogP contribution >= 0.6 is 0 Å². The number of nitro groups is 1. The van der Waals surface area contributed by atoms with E-state index in [4.69, 9.17) is 4.74 Å². The molecule has 0 aliphatic heterocycles. The zero-order chi connectivity index (χ0) is 15.6. The minimum Gasteiger partial charge on any atom is -0.485 e. The van der Waals surface area contributed by atoms with Crippen molar-refractivity contribution >= 4 is 5.69 Å². The van der Waals surface area contributed by atoms with Gasteiger partial charge in [-0.1, -0.05) is 0 Å². The number of hydrogen-bond donors (Lipinski definition) is 0. The molecule has 6 nitrogen and oxygen atoms in total. The first-order valence-corrected chi connectivity index (χ1v) is 5.74. The Bertz CT molecular complexity index is 650. The van der Waals surface area contributed by atoms with Crippen molar-refractivity contribution in [1.29, 1.82) is 0 Å². The minimum atomic E-state index is -4.57. The standard InChI is InChI=1S/C12H10F3N3O3/c1-17-11(12(13,14)15)10(6-16-17)21-7-8-2-4-9(5-3-8)18(19)20/h2-6H,7H2,1H3. The van der Waals surface area contributed by atoms with E-state index < -0.39 is 16.8 Å². The van der Waals surface area contributed by atoms with Gasteiger partial charge >= 0.3 is 6.18 Å². The fraction of sp³-hybridized carbons (Fsp3) is 0.250. The molecule has 0 amide bonds. The van der Waals surface area contributed by atoms with Gasteiger partial charge < -0.3 is 4.74 Å². The molecular weight excluding hydrogens is 291 g/mol. The summed E-state index contributed by atoms with van der Waals surface area (Å²) in [5, 5.41) is 14.0. The maximum Gasteiger partial charge on any atom is 0.436 e. The molecule has 0 spiro atoms. The summed E-state index contributed by atoms with van der Waals surface area (Å²) in [6, 6.07) is 5.35. The molecule has 0 radical (unpaired) electrons. The topological polar surface area (TPSA) is 70.2 Å². The molecule has 0 unspecified atom stereocenters. The zero-order valence-corrected chi connectivity index (χ0v) is 10.8. The molecule has 0 fully saturated rings. The Balaban J connectivity index is 2.12. The molecular formula is C12H10F3N3O3. The number of aromatic nitrogens is 2. The van der Waals surface area contributed by atoms with E-state index in [1.807, 2.05) is 0 Å². The number of halogens is 3. The minimum absolute atomic E-state index is 0.101. The van der Waals surface area contributed by atoms with Crippen molar-refractivity contribution in [3.8, 4) is 5.75 Å². The summed E-state index contributed by atoms with van der Waals surface area (Å²) in [7, 11) is 1.17. The summed E-state index contributed by atoms with van der Waals surface area (Å²) in [5.74, 6) is -0.386. The van der Waals surface area contributed by atoms with Crippen LogP contribution in [-0.2, 0) is 19.8 Å². The number of nitrogens with zero attached hydrogens (tertiary/aromatic N) is 3. The summed E-state index contributed by atoms with van der Waals surface area (Å²) in [4.78, 5) is 9.93. The summed E-state index contributed by atoms with van der Waals surface area (Å²) >= 11 is 0. The molecule has 0 aliphatic rings. The normalized spacial score (nSPS) is 11.4. The molecule has 0 aliphatic carbocycles. The molecule has 0 N–H and O–H groups in total. The molecule has 2 aromatic rings. The van der Waals surface area contributed by atoms with Gasteiger partial charge in [0, 0.05) is 19.2 Å². The fourth-order valence-corrected chi connectivity index (χ4v) is 1.72. The molecule has 1 aromatic heterocycles. The lowest BCUT2D eigenvalue weighted by Crippen LogP contribution is -2.13. The van der Waals surface area contributed by atoms with Gasteiger partial charge in [-0.25, -0.2) is 0 Å². The van der Waals surface area contributed by atoms with Crippen molar-refractivity contribution in [2.45, 2.75) is 12.8 Å². The Morgan fingerprint density at radius 1 is 1.33 bits per heavy atom. The fourth-order valence-electron chi connectivity index (χ4n) is 1.72. The van der Waals surface area contributed by atoms with E-state index in [1.165, 1.54) is 31.3 Å². The van der Waals surface area contributed by atoms with Gasteiger partial charge in [0.25, 0.3) is 5.69 Å². The highest BCUT2D eigenvalue weighted by molar-refractivity contribution is 5.33. The van der Waals surface area contributed by atoms with Crippen LogP contribution in [-0.4, -0.2) is 14.7 Å². The number of aryl methyl sites for hydroxylation is 1. The number of ether oxygens (including phenoxy) is 1.